The van der Waals surface area contributed by atoms with Crippen LogP contribution in [0.25, 0.3) is 11.6 Å². The molecule has 0 atom stereocenters. The Hall–Kier alpha value is -2.67. The van der Waals surface area contributed by atoms with Gasteiger partial charge in [0, 0.05) is 29.9 Å². The predicted molar refractivity (Wildman–Crippen MR) is 87.7 cm³/mol. The molecule has 0 aromatic heterocycles. The quantitative estimate of drug-likeness (QED) is 0.610. The lowest BCUT2D eigenvalue weighted by atomic mass is 10.0. The molecule has 1 saturated heterocycles. The van der Waals surface area contributed by atoms with Gasteiger partial charge in [-0.3, -0.25) is 0 Å². The zero-order valence-corrected chi connectivity index (χ0v) is 12.6. The number of nitrogens with zero attached hydrogens (tertiary/aromatic N) is 2. The van der Waals surface area contributed by atoms with E-state index in [1.54, 1.807) is 18.2 Å². The summed E-state index contributed by atoms with van der Waals surface area (Å²) in [4.78, 5) is 2.14. The number of nitriles is 1. The van der Waals surface area contributed by atoms with Crippen LogP contribution in [0.15, 0.2) is 42.5 Å². The third-order valence-corrected chi connectivity index (χ3v) is 4.04. The van der Waals surface area contributed by atoms with Crippen molar-refractivity contribution in [3.63, 3.8) is 0 Å². The van der Waals surface area contributed by atoms with Crippen molar-refractivity contribution in [3.05, 3.63) is 65.2 Å². The van der Waals surface area contributed by atoms with Gasteiger partial charge in [-0.1, -0.05) is 18.2 Å². The van der Waals surface area contributed by atoms with E-state index in [-0.39, 0.29) is 16.7 Å². The summed E-state index contributed by atoms with van der Waals surface area (Å²) in [5.74, 6) is -0.895. The summed E-state index contributed by atoms with van der Waals surface area (Å²) in [7, 11) is 0. The molecular formula is C19H16F2N2. The molecule has 0 saturated carbocycles. The SMILES string of the molecule is N#CC(=Cc1ccc(N2CCCC2)cc1F)c1ccccc1F. The number of anilines is 1. The van der Waals surface area contributed by atoms with Crippen LogP contribution >= 0.6 is 0 Å². The smallest absolute Gasteiger partial charge is 0.132 e. The first-order chi connectivity index (χ1) is 11.2. The van der Waals surface area contributed by atoms with E-state index in [0.29, 0.717) is 0 Å². The van der Waals surface area contributed by atoms with E-state index in [4.69, 9.17) is 0 Å². The van der Waals surface area contributed by atoms with Gasteiger partial charge in [0.2, 0.25) is 0 Å². The van der Waals surface area contributed by atoms with E-state index in [1.165, 1.54) is 24.3 Å². The molecule has 1 heterocycles. The van der Waals surface area contributed by atoms with Gasteiger partial charge in [-0.25, -0.2) is 8.78 Å². The molecule has 1 aliphatic heterocycles. The van der Waals surface area contributed by atoms with Crippen molar-refractivity contribution < 1.29 is 8.78 Å². The molecule has 2 aromatic rings. The van der Waals surface area contributed by atoms with Gasteiger partial charge in [0.05, 0.1) is 11.6 Å². The summed E-state index contributed by atoms with van der Waals surface area (Å²) >= 11 is 0. The van der Waals surface area contributed by atoms with Gasteiger partial charge in [-0.2, -0.15) is 5.26 Å². The van der Waals surface area contributed by atoms with E-state index in [1.807, 2.05) is 12.1 Å². The molecule has 0 N–H and O–H groups in total. The largest absolute Gasteiger partial charge is 0.371 e. The van der Waals surface area contributed by atoms with E-state index in [2.05, 4.69) is 4.90 Å². The maximum absolute atomic E-state index is 14.3. The summed E-state index contributed by atoms with van der Waals surface area (Å²) in [6, 6.07) is 12.9. The number of hydrogen-bond donors (Lipinski definition) is 0. The molecule has 1 aliphatic rings. The van der Waals surface area contributed by atoms with Crippen LogP contribution in [0.3, 0.4) is 0 Å². The zero-order valence-electron chi connectivity index (χ0n) is 12.6. The van der Waals surface area contributed by atoms with Gasteiger partial charge < -0.3 is 4.90 Å². The maximum Gasteiger partial charge on any atom is 0.132 e. The highest BCUT2D eigenvalue weighted by Gasteiger charge is 2.14. The van der Waals surface area contributed by atoms with Gasteiger partial charge in [0.15, 0.2) is 0 Å². The van der Waals surface area contributed by atoms with Crippen LogP contribution in [-0.4, -0.2) is 13.1 Å². The number of hydrogen-bond acceptors (Lipinski definition) is 2. The number of benzene rings is 2. The molecule has 0 spiro atoms. The van der Waals surface area contributed by atoms with E-state index >= 15 is 0 Å². The molecule has 3 rings (SSSR count). The van der Waals surface area contributed by atoms with Crippen molar-refractivity contribution in [2.24, 2.45) is 0 Å². The lowest BCUT2D eigenvalue weighted by Crippen LogP contribution is -2.17. The molecular weight excluding hydrogens is 294 g/mol. The van der Waals surface area contributed by atoms with Crippen molar-refractivity contribution in [3.8, 4) is 6.07 Å². The average Bonchev–Trinajstić information content (AvgIpc) is 3.09. The molecule has 4 heteroatoms. The summed E-state index contributed by atoms with van der Waals surface area (Å²) in [5, 5.41) is 9.27. The lowest BCUT2D eigenvalue weighted by molar-refractivity contribution is 0.623. The van der Waals surface area contributed by atoms with E-state index < -0.39 is 11.6 Å². The molecule has 2 nitrogen and oxygen atoms in total. The van der Waals surface area contributed by atoms with Crippen LogP contribution in [0.4, 0.5) is 14.5 Å². The monoisotopic (exact) mass is 310 g/mol. The molecule has 0 unspecified atom stereocenters. The molecule has 2 aromatic carbocycles. The Balaban J connectivity index is 1.94. The minimum Gasteiger partial charge on any atom is -0.371 e. The fourth-order valence-electron chi connectivity index (χ4n) is 2.81. The van der Waals surface area contributed by atoms with Gasteiger partial charge in [-0.05, 0) is 43.2 Å². The summed E-state index contributed by atoms with van der Waals surface area (Å²) in [6.45, 7) is 1.88. The highest BCUT2D eigenvalue weighted by molar-refractivity contribution is 5.90. The van der Waals surface area contributed by atoms with Crippen molar-refractivity contribution in [2.45, 2.75) is 12.8 Å². The molecule has 0 radical (unpaired) electrons. The van der Waals surface area contributed by atoms with Gasteiger partial charge in [0.25, 0.3) is 0 Å². The highest BCUT2D eigenvalue weighted by Crippen LogP contribution is 2.26. The standard InChI is InChI=1S/C19H16F2N2/c20-18-6-2-1-5-17(18)15(13-22)11-14-7-8-16(12-19(14)21)23-9-3-4-10-23/h1-2,5-8,11-12H,3-4,9-10H2. The first kappa shape index (κ1) is 15.2. The topological polar surface area (TPSA) is 27.0 Å². The Bertz CT molecular complexity index is 784. The summed E-state index contributed by atoms with van der Waals surface area (Å²) in [5.41, 5.74) is 1.42. The normalized spacial score (nSPS) is 14.8. The highest BCUT2D eigenvalue weighted by atomic mass is 19.1. The van der Waals surface area contributed by atoms with Gasteiger partial charge >= 0.3 is 0 Å². The fraction of sp³-hybridized carbons (Fsp3) is 0.211. The Kier molecular flexibility index (Phi) is 4.38. The molecule has 0 bridgehead atoms. The van der Waals surface area contributed by atoms with Crippen LogP contribution in [0.2, 0.25) is 0 Å². The number of allylic oxidation sites excluding steroid dienone is 1. The molecule has 0 amide bonds. The lowest BCUT2D eigenvalue weighted by Gasteiger charge is -2.17. The fourth-order valence-corrected chi connectivity index (χ4v) is 2.81. The van der Waals surface area contributed by atoms with E-state index in [0.717, 1.165) is 31.6 Å². The van der Waals surface area contributed by atoms with Crippen molar-refractivity contribution in [1.82, 2.24) is 0 Å². The van der Waals surface area contributed by atoms with Crippen molar-refractivity contribution >= 4 is 17.3 Å². The molecule has 23 heavy (non-hydrogen) atoms. The van der Waals surface area contributed by atoms with Crippen LogP contribution in [0.1, 0.15) is 24.0 Å². The Morgan fingerprint density at radius 2 is 1.78 bits per heavy atom. The Labute approximate surface area is 134 Å². The second-order valence-electron chi connectivity index (χ2n) is 5.55. The minimum absolute atomic E-state index is 0.107. The third kappa shape index (κ3) is 3.24. The molecule has 0 aliphatic carbocycles. The second-order valence-corrected chi connectivity index (χ2v) is 5.55. The van der Waals surface area contributed by atoms with Crippen LogP contribution in [0, 0.1) is 23.0 Å². The Morgan fingerprint density at radius 3 is 2.43 bits per heavy atom. The second kappa shape index (κ2) is 6.62. The van der Waals surface area contributed by atoms with E-state index in [9.17, 15) is 14.0 Å². The van der Waals surface area contributed by atoms with Gasteiger partial charge in [-0.15, -0.1) is 0 Å². The molecule has 1 fully saturated rings. The van der Waals surface area contributed by atoms with Crippen molar-refractivity contribution in [2.75, 3.05) is 18.0 Å². The first-order valence-corrected chi connectivity index (χ1v) is 7.60. The zero-order chi connectivity index (χ0) is 16.2. The Morgan fingerprint density at radius 1 is 1.04 bits per heavy atom. The van der Waals surface area contributed by atoms with Gasteiger partial charge in [0.1, 0.15) is 11.6 Å². The van der Waals surface area contributed by atoms with Crippen LogP contribution in [0.5, 0.6) is 0 Å². The number of halogens is 2. The first-order valence-electron chi connectivity index (χ1n) is 7.60. The average molecular weight is 310 g/mol. The summed E-state index contributed by atoms with van der Waals surface area (Å²) in [6.07, 6.45) is 3.63. The minimum atomic E-state index is -0.491. The van der Waals surface area contributed by atoms with Crippen LogP contribution < -0.4 is 4.90 Å². The third-order valence-electron chi connectivity index (χ3n) is 4.04. The maximum atomic E-state index is 14.3. The van der Waals surface area contributed by atoms with Crippen LogP contribution in [-0.2, 0) is 0 Å². The molecule has 116 valence electrons. The number of rotatable bonds is 3. The summed E-state index contributed by atoms with van der Waals surface area (Å²) < 4.78 is 28.1. The van der Waals surface area contributed by atoms with Crippen molar-refractivity contribution in [1.29, 1.82) is 5.26 Å². The predicted octanol–water partition coefficient (Wildman–Crippen LogP) is 4.63.